The van der Waals surface area contributed by atoms with E-state index in [1.54, 1.807) is 0 Å². The third kappa shape index (κ3) is 3.34. The number of carboxylic acid groups (broad SMARTS) is 2. The Morgan fingerprint density at radius 1 is 1.20 bits per heavy atom. The summed E-state index contributed by atoms with van der Waals surface area (Å²) in [7, 11) is 0. The third-order valence-corrected chi connectivity index (χ3v) is 4.27. The van der Waals surface area contributed by atoms with Crippen molar-refractivity contribution in [1.82, 2.24) is 0 Å². The molecule has 106 valence electrons. The van der Waals surface area contributed by atoms with Crippen molar-refractivity contribution >= 4 is 33.4 Å². The Bertz CT molecular complexity index is 604. The molecule has 2 atom stereocenters. The van der Waals surface area contributed by atoms with Crippen molar-refractivity contribution in [2.75, 3.05) is 0 Å². The van der Waals surface area contributed by atoms with Crippen LogP contribution in [0.15, 0.2) is 30.3 Å². The first-order valence-corrected chi connectivity index (χ1v) is 6.97. The molecule has 1 aromatic heterocycles. The monoisotopic (exact) mass is 293 g/mol. The number of fused-ring (bicyclic) bond motifs is 1. The van der Waals surface area contributed by atoms with Crippen molar-refractivity contribution in [3.8, 4) is 0 Å². The second-order valence-corrected chi connectivity index (χ2v) is 5.84. The van der Waals surface area contributed by atoms with Crippen LogP contribution in [0.1, 0.15) is 11.3 Å². The highest BCUT2D eigenvalue weighted by atomic mass is 32.1. The largest absolute Gasteiger partial charge is 0.481 e. The number of benzene rings is 1. The van der Waals surface area contributed by atoms with E-state index in [1.165, 1.54) is 11.3 Å². The van der Waals surface area contributed by atoms with Crippen LogP contribution >= 0.6 is 11.3 Å². The molecule has 2 aromatic rings. The molecule has 1 heterocycles. The molecule has 0 saturated heterocycles. The van der Waals surface area contributed by atoms with Gasteiger partial charge in [0.1, 0.15) is 6.04 Å². The molecule has 1 aromatic carbocycles. The van der Waals surface area contributed by atoms with Gasteiger partial charge in [-0.3, -0.25) is 9.59 Å². The lowest BCUT2D eigenvalue weighted by Gasteiger charge is -2.13. The van der Waals surface area contributed by atoms with E-state index in [9.17, 15) is 14.7 Å². The second-order valence-electron chi connectivity index (χ2n) is 4.67. The van der Waals surface area contributed by atoms with Crippen molar-refractivity contribution in [3.63, 3.8) is 0 Å². The number of carboxylic acids is 2. The zero-order valence-corrected chi connectivity index (χ0v) is 11.5. The standard InChI is InChI=1S/C14H15NO4S/c15-11(14(18)19)7-9(13(16)17)6-10-5-8-3-1-2-4-12(8)20-10/h1-5,9,11H,6-7,15H2,(H,16,17)(H,18,19)/t9-,11+/m0/s1. The van der Waals surface area contributed by atoms with Crippen LogP contribution in [0.4, 0.5) is 0 Å². The molecule has 0 spiro atoms. The zero-order chi connectivity index (χ0) is 14.7. The Labute approximate surface area is 119 Å². The highest BCUT2D eigenvalue weighted by Crippen LogP contribution is 2.28. The summed E-state index contributed by atoms with van der Waals surface area (Å²) in [6.07, 6.45) is 0.231. The first-order chi connectivity index (χ1) is 9.47. The van der Waals surface area contributed by atoms with Crippen molar-refractivity contribution in [1.29, 1.82) is 0 Å². The van der Waals surface area contributed by atoms with Crippen LogP contribution < -0.4 is 5.73 Å². The Hall–Kier alpha value is -1.92. The number of aliphatic carboxylic acids is 2. The lowest BCUT2D eigenvalue weighted by atomic mass is 9.96. The predicted octanol–water partition coefficient (Wildman–Crippen LogP) is 1.95. The number of nitrogens with two attached hydrogens (primary N) is 1. The van der Waals surface area contributed by atoms with E-state index in [4.69, 9.17) is 10.8 Å². The van der Waals surface area contributed by atoms with Crippen molar-refractivity contribution < 1.29 is 19.8 Å². The number of hydrogen-bond acceptors (Lipinski definition) is 4. The summed E-state index contributed by atoms with van der Waals surface area (Å²) in [5.41, 5.74) is 5.42. The molecule has 0 saturated carbocycles. The van der Waals surface area contributed by atoms with Crippen molar-refractivity contribution in [2.24, 2.45) is 11.7 Å². The average molecular weight is 293 g/mol. The Morgan fingerprint density at radius 2 is 1.90 bits per heavy atom. The SMILES string of the molecule is N[C@H](C[C@H](Cc1cc2ccccc2s1)C(=O)O)C(=O)O. The van der Waals surface area contributed by atoms with Gasteiger partial charge in [0.2, 0.25) is 0 Å². The van der Waals surface area contributed by atoms with Crippen LogP contribution in [0.5, 0.6) is 0 Å². The fourth-order valence-corrected chi connectivity index (χ4v) is 3.20. The van der Waals surface area contributed by atoms with Crippen molar-refractivity contribution in [2.45, 2.75) is 18.9 Å². The molecule has 0 aliphatic rings. The quantitative estimate of drug-likeness (QED) is 0.755. The maximum atomic E-state index is 11.2. The molecule has 0 aliphatic carbocycles. The highest BCUT2D eigenvalue weighted by molar-refractivity contribution is 7.19. The molecular weight excluding hydrogens is 278 g/mol. The normalized spacial score (nSPS) is 14.1. The molecule has 0 radical (unpaired) electrons. The van der Waals surface area contributed by atoms with Crippen LogP contribution in [0, 0.1) is 5.92 Å². The molecule has 0 bridgehead atoms. The van der Waals surface area contributed by atoms with Gasteiger partial charge in [-0.05, 0) is 30.4 Å². The predicted molar refractivity (Wildman–Crippen MR) is 76.9 cm³/mol. The molecule has 4 N–H and O–H groups in total. The smallest absolute Gasteiger partial charge is 0.320 e. The van der Waals surface area contributed by atoms with Crippen LogP contribution in [0.25, 0.3) is 10.1 Å². The van der Waals surface area contributed by atoms with Gasteiger partial charge in [0.15, 0.2) is 0 Å². The fourth-order valence-electron chi connectivity index (χ4n) is 2.06. The van der Waals surface area contributed by atoms with E-state index >= 15 is 0 Å². The van der Waals surface area contributed by atoms with Gasteiger partial charge in [0.25, 0.3) is 0 Å². The Morgan fingerprint density at radius 3 is 2.50 bits per heavy atom. The molecule has 0 unspecified atom stereocenters. The van der Waals surface area contributed by atoms with Crippen molar-refractivity contribution in [3.05, 3.63) is 35.2 Å². The Kier molecular flexibility index (Phi) is 4.36. The van der Waals surface area contributed by atoms with E-state index in [2.05, 4.69) is 0 Å². The van der Waals surface area contributed by atoms with Gasteiger partial charge >= 0.3 is 11.9 Å². The molecular formula is C14H15NO4S. The van der Waals surface area contributed by atoms with E-state index in [1.807, 2.05) is 30.3 Å². The summed E-state index contributed by atoms with van der Waals surface area (Å²) in [5, 5.41) is 19.0. The van der Waals surface area contributed by atoms with Gasteiger partial charge in [-0.1, -0.05) is 18.2 Å². The van der Waals surface area contributed by atoms with Crippen LogP contribution in [-0.4, -0.2) is 28.2 Å². The number of rotatable bonds is 6. The van der Waals surface area contributed by atoms with Crippen LogP contribution in [0.3, 0.4) is 0 Å². The van der Waals surface area contributed by atoms with Gasteiger partial charge < -0.3 is 15.9 Å². The van der Waals surface area contributed by atoms with E-state index < -0.39 is 23.9 Å². The van der Waals surface area contributed by atoms with Crippen LogP contribution in [-0.2, 0) is 16.0 Å². The maximum Gasteiger partial charge on any atom is 0.320 e. The minimum Gasteiger partial charge on any atom is -0.481 e. The second kappa shape index (κ2) is 6.02. The summed E-state index contributed by atoms with van der Waals surface area (Å²) in [4.78, 5) is 22.9. The van der Waals surface area contributed by atoms with Crippen LogP contribution in [0.2, 0.25) is 0 Å². The van der Waals surface area contributed by atoms with E-state index in [-0.39, 0.29) is 6.42 Å². The number of carbonyl (C=O) groups is 2. The van der Waals surface area contributed by atoms with E-state index in [0.29, 0.717) is 6.42 Å². The lowest BCUT2D eigenvalue weighted by molar-refractivity contribution is -0.143. The minimum atomic E-state index is -1.17. The molecule has 2 rings (SSSR count). The molecule has 0 fully saturated rings. The topological polar surface area (TPSA) is 101 Å². The van der Waals surface area contributed by atoms with Gasteiger partial charge in [-0.15, -0.1) is 11.3 Å². The first kappa shape index (κ1) is 14.5. The molecule has 5 nitrogen and oxygen atoms in total. The molecule has 20 heavy (non-hydrogen) atoms. The number of hydrogen-bond donors (Lipinski definition) is 3. The summed E-state index contributed by atoms with van der Waals surface area (Å²) in [6.45, 7) is 0. The lowest BCUT2D eigenvalue weighted by Crippen LogP contribution is -2.35. The molecule has 0 aliphatic heterocycles. The molecule has 6 heteroatoms. The van der Waals surface area contributed by atoms with Gasteiger partial charge in [0, 0.05) is 9.58 Å². The minimum absolute atomic E-state index is 0.0705. The summed E-state index contributed by atoms with van der Waals surface area (Å²) < 4.78 is 1.09. The van der Waals surface area contributed by atoms with Gasteiger partial charge in [0.05, 0.1) is 5.92 Å². The highest BCUT2D eigenvalue weighted by Gasteiger charge is 2.25. The summed E-state index contributed by atoms with van der Waals surface area (Å²) >= 11 is 1.53. The van der Waals surface area contributed by atoms with E-state index in [0.717, 1.165) is 15.0 Å². The fraction of sp³-hybridized carbons (Fsp3) is 0.286. The maximum absolute atomic E-state index is 11.2. The third-order valence-electron chi connectivity index (χ3n) is 3.13. The summed E-state index contributed by atoms with van der Waals surface area (Å²) in [6, 6.07) is 8.59. The first-order valence-electron chi connectivity index (χ1n) is 6.16. The number of thiophene rings is 1. The zero-order valence-electron chi connectivity index (χ0n) is 10.7. The summed E-state index contributed by atoms with van der Waals surface area (Å²) in [5.74, 6) is -2.97. The average Bonchev–Trinajstić information content (AvgIpc) is 2.79. The van der Waals surface area contributed by atoms with Gasteiger partial charge in [-0.2, -0.15) is 0 Å². The van der Waals surface area contributed by atoms with Gasteiger partial charge in [-0.25, -0.2) is 0 Å². The molecule has 0 amide bonds. The Balaban J connectivity index is 2.15.